The van der Waals surface area contributed by atoms with E-state index in [1.54, 1.807) is 7.11 Å². The van der Waals surface area contributed by atoms with Crippen molar-refractivity contribution in [3.63, 3.8) is 0 Å². The third-order valence-electron chi connectivity index (χ3n) is 1.36. The Morgan fingerprint density at radius 2 is 2.17 bits per heavy atom. The number of methoxy groups -OCH3 is 1. The molecule has 0 aromatic rings. The molecule has 0 fully saturated rings. The molecule has 0 aliphatic heterocycles. The Labute approximate surface area is 77.4 Å². The lowest BCUT2D eigenvalue weighted by Crippen LogP contribution is -2.16. The van der Waals surface area contributed by atoms with Gasteiger partial charge in [0.1, 0.15) is 0 Å². The maximum Gasteiger partial charge on any atom is 0.173 e. The molecule has 0 bridgehead atoms. The van der Waals surface area contributed by atoms with Crippen LogP contribution in [0.2, 0.25) is 6.04 Å². The van der Waals surface area contributed by atoms with Crippen LogP contribution in [0.1, 0.15) is 20.8 Å². The van der Waals surface area contributed by atoms with Crippen molar-refractivity contribution in [3.05, 3.63) is 11.6 Å². The lowest BCUT2D eigenvalue weighted by molar-refractivity contribution is 0.250. The molecule has 12 heavy (non-hydrogen) atoms. The van der Waals surface area contributed by atoms with Crippen molar-refractivity contribution in [1.29, 1.82) is 0 Å². The molecule has 0 rings (SSSR count). The topological polar surface area (TPSA) is 9.23 Å². The summed E-state index contributed by atoms with van der Waals surface area (Å²) in [6, 6.07) is 1.15. The van der Waals surface area contributed by atoms with E-state index in [0.717, 1.165) is 12.3 Å². The summed E-state index contributed by atoms with van der Waals surface area (Å²) < 4.78 is 5.07. The molecule has 67 valence electrons. The molecule has 0 saturated carbocycles. The number of hydrogen-bond donors (Lipinski definition) is 0. The Hall–Kier alpha value is -0.523. The van der Waals surface area contributed by atoms with Gasteiger partial charge >= 0.3 is 0 Å². The van der Waals surface area contributed by atoms with Gasteiger partial charge in [-0.05, 0) is 26.0 Å². The van der Waals surface area contributed by atoms with Gasteiger partial charge < -0.3 is 4.74 Å². The van der Waals surface area contributed by atoms with Crippen molar-refractivity contribution in [1.82, 2.24) is 0 Å². The van der Waals surface area contributed by atoms with Crippen LogP contribution < -0.4 is 0 Å². The van der Waals surface area contributed by atoms with E-state index < -0.39 is 8.80 Å². The molecule has 0 aromatic carbocycles. The molecule has 1 radical (unpaired) electrons. The normalized spacial score (nSPS) is 9.08. The van der Waals surface area contributed by atoms with Crippen LogP contribution in [0.4, 0.5) is 0 Å². The second-order valence-electron chi connectivity index (χ2n) is 2.88. The second kappa shape index (κ2) is 7.14. The van der Waals surface area contributed by atoms with Crippen molar-refractivity contribution in [2.24, 2.45) is 0 Å². The van der Waals surface area contributed by atoms with Gasteiger partial charge in [-0.15, -0.1) is 5.54 Å². The smallest absolute Gasteiger partial charge is 0.173 e. The van der Waals surface area contributed by atoms with Crippen LogP contribution in [0.25, 0.3) is 0 Å². The third kappa shape index (κ3) is 6.20. The number of hydrogen-bond acceptors (Lipinski definition) is 1. The molecule has 1 nitrogen and oxygen atoms in total. The van der Waals surface area contributed by atoms with Crippen LogP contribution in [0.15, 0.2) is 11.6 Å². The molecule has 0 aliphatic carbocycles. The zero-order valence-electron chi connectivity index (χ0n) is 8.40. The van der Waals surface area contributed by atoms with Gasteiger partial charge in [0.05, 0.1) is 6.23 Å². The van der Waals surface area contributed by atoms with Crippen LogP contribution in [0.3, 0.4) is 0 Å². The molecule has 0 aliphatic rings. The van der Waals surface area contributed by atoms with Gasteiger partial charge in [0, 0.05) is 7.11 Å². The van der Waals surface area contributed by atoms with Crippen molar-refractivity contribution in [2.75, 3.05) is 13.3 Å². The summed E-state index contributed by atoms with van der Waals surface area (Å²) in [6.45, 7) is 6.29. The fourth-order valence-electron chi connectivity index (χ4n) is 0.683. The highest BCUT2D eigenvalue weighted by molar-refractivity contribution is 6.67. The first-order chi connectivity index (χ1) is 5.70. The third-order valence-corrected chi connectivity index (χ3v) is 3.34. The van der Waals surface area contributed by atoms with Crippen LogP contribution in [0, 0.1) is 11.5 Å². The molecule has 0 N–H and O–H groups in total. The van der Waals surface area contributed by atoms with E-state index in [-0.39, 0.29) is 0 Å². The maximum atomic E-state index is 5.07. The van der Waals surface area contributed by atoms with Crippen molar-refractivity contribution >= 4 is 8.80 Å². The molecule has 0 aromatic heterocycles. The van der Waals surface area contributed by atoms with E-state index in [1.165, 1.54) is 5.57 Å². The molecular weight excluding hydrogens is 164 g/mol. The first-order valence-electron chi connectivity index (χ1n) is 4.19. The molecule has 0 heterocycles. The Bertz CT molecular complexity index is 194. The fraction of sp³-hybridized carbons (Fsp3) is 0.600. The van der Waals surface area contributed by atoms with Crippen molar-refractivity contribution < 1.29 is 4.74 Å². The quantitative estimate of drug-likeness (QED) is 0.479. The Balaban J connectivity index is 3.96. The number of allylic oxidation sites excluding steroid dienone is 2. The second-order valence-corrected chi connectivity index (χ2v) is 5.33. The van der Waals surface area contributed by atoms with Crippen LogP contribution in [-0.4, -0.2) is 22.1 Å². The van der Waals surface area contributed by atoms with Gasteiger partial charge in [-0.3, -0.25) is 0 Å². The van der Waals surface area contributed by atoms with Gasteiger partial charge in [-0.1, -0.05) is 18.4 Å². The molecule has 0 unspecified atom stereocenters. The maximum absolute atomic E-state index is 5.07. The molecule has 0 amide bonds. The number of ether oxygens (including phenoxy) is 1. The average Bonchev–Trinajstić information content (AvgIpc) is 2.02. The van der Waals surface area contributed by atoms with Gasteiger partial charge in [0.25, 0.3) is 0 Å². The minimum atomic E-state index is -0.558. The summed E-state index contributed by atoms with van der Waals surface area (Å²) in [6.07, 6.45) is 2.81. The van der Waals surface area contributed by atoms with E-state index in [4.69, 9.17) is 4.74 Å². The van der Waals surface area contributed by atoms with E-state index in [2.05, 4.69) is 32.2 Å². The van der Waals surface area contributed by atoms with E-state index >= 15 is 0 Å². The average molecular weight is 181 g/mol. The first kappa shape index (κ1) is 11.5. The highest BCUT2D eigenvalue weighted by Crippen LogP contribution is 1.90. The summed E-state index contributed by atoms with van der Waals surface area (Å²) in [5, 5.41) is 0. The highest BCUT2D eigenvalue weighted by atomic mass is 28.3. The van der Waals surface area contributed by atoms with E-state index in [9.17, 15) is 0 Å². The van der Waals surface area contributed by atoms with Crippen LogP contribution in [-0.2, 0) is 4.74 Å². The van der Waals surface area contributed by atoms with Gasteiger partial charge in [0.15, 0.2) is 8.80 Å². The van der Waals surface area contributed by atoms with Gasteiger partial charge in [0.2, 0.25) is 0 Å². The zero-order valence-corrected chi connectivity index (χ0v) is 9.40. The predicted molar refractivity (Wildman–Crippen MR) is 55.3 cm³/mol. The van der Waals surface area contributed by atoms with Crippen LogP contribution >= 0.6 is 0 Å². The summed E-state index contributed by atoms with van der Waals surface area (Å²) >= 11 is 0. The SMILES string of the molecule is CC[Si](C#CC=C(C)C)COC. The minimum Gasteiger partial charge on any atom is -0.387 e. The summed E-state index contributed by atoms with van der Waals surface area (Å²) in [5.41, 5.74) is 4.51. The fourth-order valence-corrected chi connectivity index (χ4v) is 1.76. The van der Waals surface area contributed by atoms with Gasteiger partial charge in [-0.25, -0.2) is 0 Å². The lowest BCUT2D eigenvalue weighted by Gasteiger charge is -2.00. The van der Waals surface area contributed by atoms with Crippen molar-refractivity contribution in [3.8, 4) is 11.5 Å². The molecule has 2 heteroatoms. The highest BCUT2D eigenvalue weighted by Gasteiger charge is 2.02. The standard InChI is InChI=1S/C10H17OSi/c1-5-12(9-11-4)8-6-7-10(2)3/h7H,5,9H2,1-4H3. The summed E-state index contributed by atoms with van der Waals surface area (Å²) in [4.78, 5) is 0. The van der Waals surface area contributed by atoms with Crippen molar-refractivity contribution in [2.45, 2.75) is 26.8 Å². The first-order valence-corrected chi connectivity index (χ1v) is 6.10. The molecular formula is C10H17OSi. The molecule has 0 spiro atoms. The Kier molecular flexibility index (Phi) is 6.83. The largest absolute Gasteiger partial charge is 0.387 e. The van der Waals surface area contributed by atoms with E-state index in [0.29, 0.717) is 0 Å². The number of rotatable bonds is 3. The minimum absolute atomic E-state index is 0.558. The summed E-state index contributed by atoms with van der Waals surface area (Å²) in [5.74, 6) is 3.07. The predicted octanol–water partition coefficient (Wildman–Crippen LogP) is 2.20. The summed E-state index contributed by atoms with van der Waals surface area (Å²) in [7, 11) is 1.18. The van der Waals surface area contributed by atoms with Gasteiger partial charge in [-0.2, -0.15) is 0 Å². The lowest BCUT2D eigenvalue weighted by atomic mass is 10.3. The Morgan fingerprint density at radius 3 is 2.58 bits per heavy atom. The van der Waals surface area contributed by atoms with Crippen LogP contribution in [0.5, 0.6) is 0 Å². The monoisotopic (exact) mass is 181 g/mol. The molecule has 0 saturated heterocycles. The van der Waals surface area contributed by atoms with E-state index in [1.807, 2.05) is 6.08 Å². The Morgan fingerprint density at radius 1 is 1.50 bits per heavy atom. The molecule has 0 atom stereocenters. The zero-order chi connectivity index (χ0) is 9.40.